The second-order valence-electron chi connectivity index (χ2n) is 7.94. The summed E-state index contributed by atoms with van der Waals surface area (Å²) in [5.74, 6) is -0.106. The van der Waals surface area contributed by atoms with Gasteiger partial charge < -0.3 is 9.16 Å². The van der Waals surface area contributed by atoms with Crippen LogP contribution < -0.4 is 0 Å². The van der Waals surface area contributed by atoms with Gasteiger partial charge >= 0.3 is 5.97 Å². The van der Waals surface area contributed by atoms with Crippen molar-refractivity contribution in [3.05, 3.63) is 0 Å². The summed E-state index contributed by atoms with van der Waals surface area (Å²) >= 11 is 0. The minimum Gasteiger partial charge on any atom is -0.469 e. The summed E-state index contributed by atoms with van der Waals surface area (Å²) < 4.78 is 11.2. The summed E-state index contributed by atoms with van der Waals surface area (Å²) in [5, 5.41) is 0.245. The number of likely N-dealkylation sites (tertiary alicyclic amines) is 1. The SMILES string of the molecule is COC(=O)CCCC(CO[Si](C)(C)C(C)(C)C)N1CCCC1. The van der Waals surface area contributed by atoms with Crippen LogP contribution in [0.15, 0.2) is 0 Å². The molecule has 0 saturated carbocycles. The lowest BCUT2D eigenvalue weighted by atomic mass is 10.1. The van der Waals surface area contributed by atoms with Crippen LogP contribution in [-0.4, -0.2) is 52.0 Å². The number of esters is 1. The van der Waals surface area contributed by atoms with E-state index in [9.17, 15) is 4.79 Å². The number of hydrogen-bond acceptors (Lipinski definition) is 4. The average molecular weight is 330 g/mol. The molecule has 130 valence electrons. The van der Waals surface area contributed by atoms with Gasteiger partial charge in [0.1, 0.15) is 0 Å². The zero-order valence-electron chi connectivity index (χ0n) is 15.4. The summed E-state index contributed by atoms with van der Waals surface area (Å²) in [6, 6.07) is 0.446. The average Bonchev–Trinajstić information content (AvgIpc) is 2.94. The fraction of sp³-hybridized carbons (Fsp3) is 0.941. The second kappa shape index (κ2) is 8.46. The van der Waals surface area contributed by atoms with E-state index in [0.717, 1.165) is 19.4 Å². The molecule has 0 N–H and O–H groups in total. The molecule has 5 heteroatoms. The van der Waals surface area contributed by atoms with E-state index in [0.29, 0.717) is 12.5 Å². The fourth-order valence-corrected chi connectivity index (χ4v) is 3.63. The van der Waals surface area contributed by atoms with Crippen LogP contribution in [0.5, 0.6) is 0 Å². The summed E-state index contributed by atoms with van der Waals surface area (Å²) in [6.45, 7) is 14.6. The van der Waals surface area contributed by atoms with Crippen LogP contribution in [0, 0.1) is 0 Å². The number of methoxy groups -OCH3 is 1. The van der Waals surface area contributed by atoms with Crippen molar-refractivity contribution >= 4 is 14.3 Å². The highest BCUT2D eigenvalue weighted by Gasteiger charge is 2.38. The van der Waals surface area contributed by atoms with Crippen molar-refractivity contribution in [3.8, 4) is 0 Å². The lowest BCUT2D eigenvalue weighted by molar-refractivity contribution is -0.140. The Morgan fingerprint density at radius 3 is 2.32 bits per heavy atom. The van der Waals surface area contributed by atoms with E-state index in [4.69, 9.17) is 9.16 Å². The van der Waals surface area contributed by atoms with Gasteiger partial charge in [0.15, 0.2) is 8.32 Å². The topological polar surface area (TPSA) is 38.8 Å². The normalized spacial score (nSPS) is 18.5. The number of hydrogen-bond donors (Lipinski definition) is 0. The van der Waals surface area contributed by atoms with Crippen LogP contribution in [0.2, 0.25) is 18.1 Å². The van der Waals surface area contributed by atoms with Gasteiger partial charge in [0.25, 0.3) is 0 Å². The molecule has 0 amide bonds. The highest BCUT2D eigenvalue weighted by atomic mass is 28.4. The van der Waals surface area contributed by atoms with Crippen molar-refractivity contribution in [2.45, 2.75) is 77.0 Å². The Bertz CT molecular complexity index is 346. The Morgan fingerprint density at radius 1 is 1.23 bits per heavy atom. The molecule has 0 bridgehead atoms. The maximum absolute atomic E-state index is 11.3. The maximum Gasteiger partial charge on any atom is 0.305 e. The van der Waals surface area contributed by atoms with Crippen molar-refractivity contribution in [2.24, 2.45) is 0 Å². The van der Waals surface area contributed by atoms with Gasteiger partial charge in [-0.1, -0.05) is 20.8 Å². The van der Waals surface area contributed by atoms with Crippen molar-refractivity contribution < 1.29 is 14.0 Å². The predicted octanol–water partition coefficient (Wildman–Crippen LogP) is 3.82. The largest absolute Gasteiger partial charge is 0.469 e. The van der Waals surface area contributed by atoms with E-state index in [1.54, 1.807) is 0 Å². The molecule has 22 heavy (non-hydrogen) atoms. The highest BCUT2D eigenvalue weighted by molar-refractivity contribution is 6.74. The van der Waals surface area contributed by atoms with Gasteiger partial charge in [0.05, 0.1) is 7.11 Å². The van der Waals surface area contributed by atoms with Crippen LogP contribution >= 0.6 is 0 Å². The molecule has 1 atom stereocenters. The zero-order chi connectivity index (χ0) is 16.8. The number of carbonyl (C=O) groups excluding carboxylic acids is 1. The smallest absolute Gasteiger partial charge is 0.305 e. The number of rotatable bonds is 8. The molecule has 1 fully saturated rings. The monoisotopic (exact) mass is 329 g/mol. The molecule has 0 spiro atoms. The Morgan fingerprint density at radius 2 is 1.82 bits per heavy atom. The Labute approximate surface area is 137 Å². The minimum atomic E-state index is -1.70. The van der Waals surface area contributed by atoms with E-state index in [1.807, 2.05) is 0 Å². The van der Waals surface area contributed by atoms with Crippen molar-refractivity contribution in [1.29, 1.82) is 0 Å². The molecule has 1 rings (SSSR count). The van der Waals surface area contributed by atoms with E-state index < -0.39 is 8.32 Å². The quantitative estimate of drug-likeness (QED) is 0.501. The van der Waals surface area contributed by atoms with Gasteiger partial charge in [0, 0.05) is 19.1 Å². The van der Waals surface area contributed by atoms with Gasteiger partial charge in [-0.15, -0.1) is 0 Å². The van der Waals surface area contributed by atoms with Gasteiger partial charge in [-0.25, -0.2) is 0 Å². The third-order valence-electron chi connectivity index (χ3n) is 5.25. The molecule has 0 aromatic rings. The van der Waals surface area contributed by atoms with Crippen LogP contribution in [0.1, 0.15) is 52.9 Å². The van der Waals surface area contributed by atoms with Crippen LogP contribution in [0.25, 0.3) is 0 Å². The number of ether oxygens (including phenoxy) is 1. The molecule has 0 aliphatic carbocycles. The molecule has 1 saturated heterocycles. The van der Waals surface area contributed by atoms with Crippen LogP contribution in [-0.2, 0) is 14.0 Å². The lowest BCUT2D eigenvalue weighted by Gasteiger charge is -2.38. The van der Waals surface area contributed by atoms with Crippen molar-refractivity contribution in [2.75, 3.05) is 26.8 Å². The molecular formula is C17H35NO3Si. The molecule has 0 radical (unpaired) electrons. The van der Waals surface area contributed by atoms with Gasteiger partial charge in [-0.3, -0.25) is 9.69 Å². The van der Waals surface area contributed by atoms with Gasteiger partial charge in [0.2, 0.25) is 0 Å². The molecule has 0 aromatic heterocycles. The van der Waals surface area contributed by atoms with E-state index in [2.05, 4.69) is 38.8 Å². The zero-order valence-corrected chi connectivity index (χ0v) is 16.4. The van der Waals surface area contributed by atoms with Crippen LogP contribution in [0.3, 0.4) is 0 Å². The summed E-state index contributed by atoms with van der Waals surface area (Å²) in [7, 11) is -0.246. The lowest BCUT2D eigenvalue weighted by Crippen LogP contribution is -2.45. The second-order valence-corrected chi connectivity index (χ2v) is 12.7. The molecule has 1 unspecified atom stereocenters. The molecule has 1 heterocycles. The standard InChI is InChI=1S/C17H35NO3Si/c1-17(2,3)22(5,6)21-14-15(18-12-7-8-13-18)10-9-11-16(19)20-4/h15H,7-14H2,1-6H3. The first-order chi connectivity index (χ1) is 10.2. The highest BCUT2D eigenvalue weighted by Crippen LogP contribution is 2.37. The Hall–Kier alpha value is -0.393. The molecular weight excluding hydrogens is 294 g/mol. The first-order valence-corrected chi connectivity index (χ1v) is 11.5. The predicted molar refractivity (Wildman–Crippen MR) is 93.6 cm³/mol. The first kappa shape index (κ1) is 19.7. The minimum absolute atomic E-state index is 0.106. The van der Waals surface area contributed by atoms with Crippen molar-refractivity contribution in [3.63, 3.8) is 0 Å². The maximum atomic E-state index is 11.3. The molecule has 1 aliphatic rings. The molecule has 0 aromatic carbocycles. The first-order valence-electron chi connectivity index (χ1n) is 8.62. The fourth-order valence-electron chi connectivity index (χ4n) is 2.58. The van der Waals surface area contributed by atoms with Gasteiger partial charge in [-0.05, 0) is 56.9 Å². The molecule has 1 aliphatic heterocycles. The summed E-state index contributed by atoms with van der Waals surface area (Å²) in [4.78, 5) is 13.8. The number of carbonyl (C=O) groups is 1. The van der Waals surface area contributed by atoms with E-state index >= 15 is 0 Å². The summed E-state index contributed by atoms with van der Waals surface area (Å²) in [6.07, 6.45) is 4.99. The van der Waals surface area contributed by atoms with Crippen molar-refractivity contribution in [1.82, 2.24) is 4.90 Å². The third kappa shape index (κ3) is 6.01. The van der Waals surface area contributed by atoms with E-state index in [-0.39, 0.29) is 11.0 Å². The molecule has 4 nitrogen and oxygen atoms in total. The number of nitrogens with zero attached hydrogens (tertiary/aromatic N) is 1. The van der Waals surface area contributed by atoms with E-state index in [1.165, 1.54) is 33.0 Å². The Balaban J connectivity index is 2.53. The summed E-state index contributed by atoms with van der Waals surface area (Å²) in [5.41, 5.74) is 0. The van der Waals surface area contributed by atoms with Crippen LogP contribution in [0.4, 0.5) is 0 Å². The van der Waals surface area contributed by atoms with Gasteiger partial charge in [-0.2, -0.15) is 0 Å². The Kier molecular flexibility index (Phi) is 7.55. The third-order valence-corrected chi connectivity index (χ3v) is 9.75.